The van der Waals surface area contributed by atoms with Crippen LogP contribution in [-0.4, -0.2) is 21.5 Å². The van der Waals surface area contributed by atoms with Crippen LogP contribution in [0.1, 0.15) is 65.0 Å². The summed E-state index contributed by atoms with van der Waals surface area (Å²) in [7, 11) is 0. The van der Waals surface area contributed by atoms with Gasteiger partial charge in [-0.3, -0.25) is 9.59 Å². The molecule has 1 aliphatic rings. The average Bonchev–Trinajstić information content (AvgIpc) is 3.04. The van der Waals surface area contributed by atoms with E-state index in [9.17, 15) is 9.59 Å². The Balaban J connectivity index is 1.90. The Labute approximate surface area is 128 Å². The summed E-state index contributed by atoms with van der Waals surface area (Å²) in [5.74, 6) is 1.18. The number of carbonyl (C=O) groups excluding carboxylic acids is 2. The van der Waals surface area contributed by atoms with Gasteiger partial charge in [0.2, 0.25) is 0 Å². The molecule has 2 aromatic heterocycles. The van der Waals surface area contributed by atoms with Gasteiger partial charge in [-0.1, -0.05) is 0 Å². The maximum absolute atomic E-state index is 12.5. The predicted molar refractivity (Wildman–Crippen MR) is 81.3 cm³/mol. The van der Waals surface area contributed by atoms with Gasteiger partial charge in [0.15, 0.2) is 11.5 Å². The van der Waals surface area contributed by atoms with E-state index in [1.807, 2.05) is 13.8 Å². The Hall–Kier alpha value is -2.37. The summed E-state index contributed by atoms with van der Waals surface area (Å²) in [5.41, 5.74) is 1.22. The fraction of sp³-hybridized carbons (Fsp3) is 0.438. The number of fused-ring (bicyclic) bond motifs is 1. The third-order valence-electron chi connectivity index (χ3n) is 3.91. The zero-order valence-corrected chi connectivity index (χ0v) is 13.0. The van der Waals surface area contributed by atoms with Gasteiger partial charge in [0.1, 0.15) is 11.6 Å². The molecule has 0 spiro atoms. The molecule has 0 aromatic carbocycles. The number of carbonyl (C=O) groups is 2. The van der Waals surface area contributed by atoms with Gasteiger partial charge in [-0.15, -0.1) is 0 Å². The van der Waals surface area contributed by atoms with Crippen LogP contribution in [0, 0.1) is 6.92 Å². The minimum Gasteiger partial charge on any atom is -0.455 e. The molecule has 0 saturated carbocycles. The zero-order valence-electron chi connectivity index (χ0n) is 13.0. The van der Waals surface area contributed by atoms with E-state index in [0.29, 0.717) is 35.5 Å². The molecule has 0 atom stereocenters. The monoisotopic (exact) mass is 301 g/mol. The fourth-order valence-corrected chi connectivity index (χ4v) is 2.86. The summed E-state index contributed by atoms with van der Waals surface area (Å²) in [4.78, 5) is 24.5. The lowest BCUT2D eigenvalue weighted by atomic mass is 9.94. The molecule has 1 aliphatic carbocycles. The van der Waals surface area contributed by atoms with Crippen molar-refractivity contribution in [2.24, 2.45) is 0 Å². The second-order valence-electron chi connectivity index (χ2n) is 5.84. The normalized spacial score (nSPS) is 14.3. The quantitative estimate of drug-likeness (QED) is 0.944. The molecule has 0 radical (unpaired) electrons. The molecule has 0 aliphatic heterocycles. The molecule has 0 bridgehead atoms. The van der Waals surface area contributed by atoms with Gasteiger partial charge >= 0.3 is 0 Å². The van der Waals surface area contributed by atoms with Crippen LogP contribution in [-0.2, 0) is 6.42 Å². The Morgan fingerprint density at radius 3 is 2.86 bits per heavy atom. The summed E-state index contributed by atoms with van der Waals surface area (Å²) in [6.07, 6.45) is 3.65. The largest absolute Gasteiger partial charge is 0.455 e. The number of aromatic nitrogens is 2. The number of furan rings is 1. The number of nitrogens with one attached hydrogen (secondary N) is 1. The van der Waals surface area contributed by atoms with Crippen LogP contribution < -0.4 is 5.32 Å². The van der Waals surface area contributed by atoms with Gasteiger partial charge in [-0.05, 0) is 27.2 Å². The van der Waals surface area contributed by atoms with Crippen LogP contribution in [0.4, 0.5) is 5.82 Å². The summed E-state index contributed by atoms with van der Waals surface area (Å²) in [6, 6.07) is 1.87. The lowest BCUT2D eigenvalue weighted by Gasteiger charge is -2.11. The minimum atomic E-state index is -0.345. The number of hydrogen-bond donors (Lipinski definition) is 1. The zero-order chi connectivity index (χ0) is 15.9. The molecule has 0 unspecified atom stereocenters. The van der Waals surface area contributed by atoms with Crippen molar-refractivity contribution in [3.8, 4) is 0 Å². The first-order valence-corrected chi connectivity index (χ1v) is 7.49. The van der Waals surface area contributed by atoms with Crippen molar-refractivity contribution in [1.82, 2.24) is 9.78 Å². The Bertz CT molecular complexity index is 740. The van der Waals surface area contributed by atoms with E-state index < -0.39 is 0 Å². The number of rotatable bonds is 3. The van der Waals surface area contributed by atoms with E-state index in [1.54, 1.807) is 23.9 Å². The van der Waals surface area contributed by atoms with Crippen LogP contribution >= 0.6 is 0 Å². The van der Waals surface area contributed by atoms with E-state index in [2.05, 4.69) is 10.4 Å². The Morgan fingerprint density at radius 2 is 2.18 bits per heavy atom. The molecule has 6 heteroatoms. The van der Waals surface area contributed by atoms with Crippen LogP contribution in [0.5, 0.6) is 0 Å². The first-order valence-electron chi connectivity index (χ1n) is 7.49. The number of ketones is 1. The first kappa shape index (κ1) is 14.6. The lowest BCUT2D eigenvalue weighted by Crippen LogP contribution is -2.17. The smallest absolute Gasteiger partial charge is 0.292 e. The molecule has 22 heavy (non-hydrogen) atoms. The number of hydrogen-bond acceptors (Lipinski definition) is 4. The third kappa shape index (κ3) is 2.34. The van der Waals surface area contributed by atoms with Crippen LogP contribution in [0.3, 0.4) is 0 Å². The standard InChI is InChI=1S/C16H19N3O3/c1-9(2)19-13(7-8-17-19)18-16(21)15-10(3)14-11(20)5-4-6-12(14)22-15/h7-9H,4-6H2,1-3H3,(H,18,21). The number of amides is 1. The lowest BCUT2D eigenvalue weighted by molar-refractivity contribution is 0.0963. The number of anilines is 1. The molecule has 2 aromatic rings. The highest BCUT2D eigenvalue weighted by atomic mass is 16.4. The number of nitrogens with zero attached hydrogens (tertiary/aromatic N) is 2. The molecule has 6 nitrogen and oxygen atoms in total. The second-order valence-corrected chi connectivity index (χ2v) is 5.84. The van der Waals surface area contributed by atoms with E-state index in [4.69, 9.17) is 4.42 Å². The maximum atomic E-state index is 12.5. The summed E-state index contributed by atoms with van der Waals surface area (Å²) in [6.45, 7) is 5.73. The van der Waals surface area contributed by atoms with Gasteiger partial charge in [0.05, 0.1) is 11.8 Å². The van der Waals surface area contributed by atoms with E-state index in [1.165, 1.54) is 0 Å². The molecule has 0 fully saturated rings. The van der Waals surface area contributed by atoms with Crippen LogP contribution in [0.2, 0.25) is 0 Å². The Kier molecular flexibility index (Phi) is 3.60. The molecular weight excluding hydrogens is 282 g/mol. The van der Waals surface area contributed by atoms with Crippen LogP contribution in [0.15, 0.2) is 16.7 Å². The number of aryl methyl sites for hydroxylation is 1. The van der Waals surface area contributed by atoms with Gasteiger partial charge < -0.3 is 9.73 Å². The second kappa shape index (κ2) is 5.44. The molecule has 2 heterocycles. The van der Waals surface area contributed by atoms with Crippen molar-refractivity contribution >= 4 is 17.5 Å². The highest BCUT2D eigenvalue weighted by Crippen LogP contribution is 2.29. The van der Waals surface area contributed by atoms with Gasteiger partial charge in [-0.25, -0.2) is 4.68 Å². The van der Waals surface area contributed by atoms with Crippen molar-refractivity contribution in [3.05, 3.63) is 34.9 Å². The average molecular weight is 301 g/mol. The SMILES string of the molecule is Cc1c(C(=O)Nc2ccnn2C(C)C)oc2c1C(=O)CCC2. The van der Waals surface area contributed by atoms with Crippen LogP contribution in [0.25, 0.3) is 0 Å². The summed E-state index contributed by atoms with van der Waals surface area (Å²) in [5, 5.41) is 6.99. The van der Waals surface area contributed by atoms with Crippen molar-refractivity contribution < 1.29 is 14.0 Å². The minimum absolute atomic E-state index is 0.0637. The predicted octanol–water partition coefficient (Wildman–Crippen LogP) is 3.14. The van der Waals surface area contributed by atoms with E-state index >= 15 is 0 Å². The highest BCUT2D eigenvalue weighted by Gasteiger charge is 2.29. The third-order valence-corrected chi connectivity index (χ3v) is 3.91. The highest BCUT2D eigenvalue weighted by molar-refractivity contribution is 6.07. The molecule has 3 rings (SSSR count). The van der Waals surface area contributed by atoms with E-state index in [0.717, 1.165) is 6.42 Å². The van der Waals surface area contributed by atoms with Gasteiger partial charge in [-0.2, -0.15) is 5.10 Å². The molecule has 116 valence electrons. The van der Waals surface area contributed by atoms with Crippen molar-refractivity contribution in [2.75, 3.05) is 5.32 Å². The number of Topliss-reactive ketones (excluding diaryl/α,β-unsaturated/α-hetero) is 1. The topological polar surface area (TPSA) is 77.1 Å². The fourth-order valence-electron chi connectivity index (χ4n) is 2.86. The molecular formula is C16H19N3O3. The molecule has 0 saturated heterocycles. The van der Waals surface area contributed by atoms with Crippen molar-refractivity contribution in [3.63, 3.8) is 0 Å². The Morgan fingerprint density at radius 1 is 1.41 bits per heavy atom. The molecule has 1 N–H and O–H groups in total. The molecule has 1 amide bonds. The van der Waals surface area contributed by atoms with Gasteiger partial charge in [0, 0.05) is 30.5 Å². The summed E-state index contributed by atoms with van der Waals surface area (Å²) >= 11 is 0. The first-order chi connectivity index (χ1) is 10.5. The van der Waals surface area contributed by atoms with E-state index in [-0.39, 0.29) is 23.5 Å². The van der Waals surface area contributed by atoms with Crippen molar-refractivity contribution in [2.45, 2.75) is 46.1 Å². The van der Waals surface area contributed by atoms with Crippen molar-refractivity contribution in [1.29, 1.82) is 0 Å². The summed E-state index contributed by atoms with van der Waals surface area (Å²) < 4.78 is 7.38. The van der Waals surface area contributed by atoms with Gasteiger partial charge in [0.25, 0.3) is 5.91 Å². The maximum Gasteiger partial charge on any atom is 0.292 e.